The van der Waals surface area contributed by atoms with Crippen molar-refractivity contribution in [2.45, 2.75) is 24.7 Å². The highest BCUT2D eigenvalue weighted by molar-refractivity contribution is 7.89. The number of hydrogen-bond acceptors (Lipinski definition) is 3. The Morgan fingerprint density at radius 2 is 1.77 bits per heavy atom. The predicted octanol–water partition coefficient (Wildman–Crippen LogP) is 6.39. The maximum absolute atomic E-state index is 12.8. The molecule has 0 fully saturated rings. The molecule has 4 aromatic rings. The summed E-state index contributed by atoms with van der Waals surface area (Å²) in [5, 5.41) is 4.26. The molecule has 1 aromatic heterocycles. The third-order valence-electron chi connectivity index (χ3n) is 6.59. The van der Waals surface area contributed by atoms with Crippen LogP contribution < -0.4 is 4.72 Å². The minimum absolute atomic E-state index is 0.256. The lowest BCUT2D eigenvalue weighted by atomic mass is 9.96. The molecular formula is C27H27Cl2N3O2S. The average molecular weight is 529 g/mol. The number of aromatic nitrogens is 1. The molecule has 0 spiro atoms. The minimum Gasteiger partial charge on any atom is -0.358 e. The van der Waals surface area contributed by atoms with Crippen LogP contribution in [0.4, 0.5) is 0 Å². The number of aryl methyl sites for hydroxylation is 1. The minimum atomic E-state index is -3.57. The molecule has 0 saturated carbocycles. The van der Waals surface area contributed by atoms with Crippen molar-refractivity contribution in [3.05, 3.63) is 82.0 Å². The first-order chi connectivity index (χ1) is 16.8. The summed E-state index contributed by atoms with van der Waals surface area (Å²) in [6.45, 7) is 5.12. The quantitative estimate of drug-likeness (QED) is 0.273. The van der Waals surface area contributed by atoms with Crippen LogP contribution in [0.25, 0.3) is 27.2 Å². The van der Waals surface area contributed by atoms with Crippen LogP contribution in [0.5, 0.6) is 0 Å². The third kappa shape index (κ3) is 5.27. The summed E-state index contributed by atoms with van der Waals surface area (Å²) in [6.07, 6.45) is 3.97. The van der Waals surface area contributed by atoms with Crippen LogP contribution in [0.1, 0.15) is 24.1 Å². The van der Waals surface area contributed by atoms with Crippen LogP contribution >= 0.6 is 23.2 Å². The highest BCUT2D eigenvalue weighted by atomic mass is 35.5. The molecule has 0 bridgehead atoms. The Kier molecular flexibility index (Phi) is 6.93. The number of aromatic amines is 1. The van der Waals surface area contributed by atoms with Crippen LogP contribution in [-0.4, -0.2) is 44.5 Å². The molecule has 0 amide bonds. The van der Waals surface area contributed by atoms with Gasteiger partial charge in [0.05, 0.1) is 4.90 Å². The number of sulfonamides is 1. The standard InChI is InChI=1S/C27H27Cl2N3O2S/c1-18-27(25-17-23(29)6-8-26(25)31-18)20-9-13-32(14-10-20)12-2-11-30-35(33,34)24-7-4-19-3-5-22(28)15-21(19)16-24/h3-9,15-17,30-31H,2,10-14H2,1H3. The molecule has 5 nitrogen and oxygen atoms in total. The Hall–Kier alpha value is -2.35. The molecule has 182 valence electrons. The van der Waals surface area contributed by atoms with E-state index in [4.69, 9.17) is 23.2 Å². The summed E-state index contributed by atoms with van der Waals surface area (Å²) in [5.41, 5.74) is 4.86. The van der Waals surface area contributed by atoms with E-state index in [1.807, 2.05) is 24.3 Å². The van der Waals surface area contributed by atoms with Crippen LogP contribution in [0, 0.1) is 6.92 Å². The number of halogens is 2. The van der Waals surface area contributed by atoms with Gasteiger partial charge in [0.15, 0.2) is 0 Å². The number of rotatable bonds is 7. The molecule has 0 unspecified atom stereocenters. The summed E-state index contributed by atoms with van der Waals surface area (Å²) >= 11 is 12.3. The van der Waals surface area contributed by atoms with Crippen LogP contribution in [0.2, 0.25) is 10.0 Å². The summed E-state index contributed by atoms with van der Waals surface area (Å²) in [6, 6.07) is 16.5. The molecule has 5 rings (SSSR count). The second-order valence-corrected chi connectivity index (χ2v) is 11.6. The zero-order valence-corrected chi connectivity index (χ0v) is 21.8. The zero-order chi connectivity index (χ0) is 24.6. The number of H-pyrrole nitrogens is 1. The van der Waals surface area contributed by atoms with Gasteiger partial charge >= 0.3 is 0 Å². The highest BCUT2D eigenvalue weighted by Gasteiger charge is 2.19. The molecular weight excluding hydrogens is 501 g/mol. The van der Waals surface area contributed by atoms with E-state index in [1.165, 1.54) is 16.5 Å². The largest absolute Gasteiger partial charge is 0.358 e. The van der Waals surface area contributed by atoms with E-state index in [1.54, 1.807) is 30.3 Å². The summed E-state index contributed by atoms with van der Waals surface area (Å²) in [7, 11) is -3.57. The molecule has 0 radical (unpaired) electrons. The van der Waals surface area contributed by atoms with Gasteiger partial charge < -0.3 is 4.98 Å². The molecule has 0 aliphatic carbocycles. The zero-order valence-electron chi connectivity index (χ0n) is 19.4. The normalized spacial score (nSPS) is 15.1. The van der Waals surface area contributed by atoms with Crippen molar-refractivity contribution in [3.63, 3.8) is 0 Å². The van der Waals surface area contributed by atoms with Crippen molar-refractivity contribution in [1.82, 2.24) is 14.6 Å². The monoisotopic (exact) mass is 527 g/mol. The molecule has 2 N–H and O–H groups in total. The van der Waals surface area contributed by atoms with E-state index in [0.717, 1.165) is 59.5 Å². The lowest BCUT2D eigenvalue weighted by Gasteiger charge is -2.26. The molecule has 2 heterocycles. The van der Waals surface area contributed by atoms with Crippen LogP contribution in [-0.2, 0) is 10.0 Å². The van der Waals surface area contributed by atoms with Gasteiger partial charge in [-0.2, -0.15) is 0 Å². The Labute approximate surface area is 215 Å². The van der Waals surface area contributed by atoms with Gasteiger partial charge in [-0.25, -0.2) is 13.1 Å². The molecule has 8 heteroatoms. The van der Waals surface area contributed by atoms with Crippen molar-refractivity contribution < 1.29 is 8.42 Å². The fourth-order valence-electron chi connectivity index (χ4n) is 4.81. The van der Waals surface area contributed by atoms with E-state index in [2.05, 4.69) is 27.6 Å². The van der Waals surface area contributed by atoms with Gasteiger partial charge in [-0.3, -0.25) is 4.90 Å². The maximum atomic E-state index is 12.8. The summed E-state index contributed by atoms with van der Waals surface area (Å²) in [4.78, 5) is 6.07. The van der Waals surface area contributed by atoms with Crippen molar-refractivity contribution in [3.8, 4) is 0 Å². The van der Waals surface area contributed by atoms with E-state index in [-0.39, 0.29) is 4.90 Å². The topological polar surface area (TPSA) is 65.2 Å². The van der Waals surface area contributed by atoms with Gasteiger partial charge in [-0.05, 0) is 85.1 Å². The SMILES string of the molecule is Cc1[nH]c2ccc(Cl)cc2c1C1=CCN(CCCNS(=O)(=O)c2ccc3ccc(Cl)cc3c2)CC1. The Morgan fingerprint density at radius 3 is 2.57 bits per heavy atom. The second kappa shape index (κ2) is 9.96. The first kappa shape index (κ1) is 24.3. The van der Waals surface area contributed by atoms with Gasteiger partial charge in [-0.1, -0.05) is 41.4 Å². The van der Waals surface area contributed by atoms with Gasteiger partial charge in [0, 0.05) is 51.8 Å². The number of benzene rings is 3. The van der Waals surface area contributed by atoms with Gasteiger partial charge in [0.1, 0.15) is 0 Å². The Morgan fingerprint density at radius 1 is 1.00 bits per heavy atom. The van der Waals surface area contributed by atoms with Crippen molar-refractivity contribution in [1.29, 1.82) is 0 Å². The van der Waals surface area contributed by atoms with Crippen molar-refractivity contribution in [2.24, 2.45) is 0 Å². The van der Waals surface area contributed by atoms with Crippen LogP contribution in [0.15, 0.2) is 65.6 Å². The Balaban J connectivity index is 1.17. The lowest BCUT2D eigenvalue weighted by Crippen LogP contribution is -2.32. The fraction of sp³-hybridized carbons (Fsp3) is 0.259. The Bertz CT molecular complexity index is 1540. The first-order valence-electron chi connectivity index (χ1n) is 11.7. The number of nitrogens with one attached hydrogen (secondary N) is 2. The highest BCUT2D eigenvalue weighted by Crippen LogP contribution is 2.33. The van der Waals surface area contributed by atoms with Crippen molar-refractivity contribution >= 4 is 60.5 Å². The van der Waals surface area contributed by atoms with Crippen LogP contribution in [0.3, 0.4) is 0 Å². The maximum Gasteiger partial charge on any atom is 0.240 e. The van der Waals surface area contributed by atoms with Gasteiger partial charge in [0.2, 0.25) is 10.0 Å². The average Bonchev–Trinajstić information content (AvgIpc) is 3.16. The molecule has 35 heavy (non-hydrogen) atoms. The van der Waals surface area contributed by atoms with Gasteiger partial charge in [0.25, 0.3) is 0 Å². The van der Waals surface area contributed by atoms with E-state index in [0.29, 0.717) is 11.6 Å². The predicted molar refractivity (Wildman–Crippen MR) is 146 cm³/mol. The molecule has 1 aliphatic heterocycles. The summed E-state index contributed by atoms with van der Waals surface area (Å²) < 4.78 is 28.3. The molecule has 1 aliphatic rings. The van der Waals surface area contributed by atoms with E-state index >= 15 is 0 Å². The molecule has 0 saturated heterocycles. The molecule has 3 aromatic carbocycles. The van der Waals surface area contributed by atoms with E-state index < -0.39 is 10.0 Å². The number of fused-ring (bicyclic) bond motifs is 2. The lowest BCUT2D eigenvalue weighted by molar-refractivity contribution is 0.298. The molecule has 0 atom stereocenters. The fourth-order valence-corrected chi connectivity index (χ4v) is 6.27. The smallest absolute Gasteiger partial charge is 0.240 e. The first-order valence-corrected chi connectivity index (χ1v) is 13.9. The van der Waals surface area contributed by atoms with Crippen molar-refractivity contribution in [2.75, 3.05) is 26.2 Å². The number of nitrogens with zero attached hydrogens (tertiary/aromatic N) is 1. The summed E-state index contributed by atoms with van der Waals surface area (Å²) in [5.74, 6) is 0. The number of hydrogen-bond donors (Lipinski definition) is 2. The van der Waals surface area contributed by atoms with Gasteiger partial charge in [-0.15, -0.1) is 0 Å². The second-order valence-electron chi connectivity index (χ2n) is 9.00. The third-order valence-corrected chi connectivity index (χ3v) is 8.52. The van der Waals surface area contributed by atoms with E-state index in [9.17, 15) is 8.42 Å².